The Balaban J connectivity index is 1.33. The number of rotatable bonds is 6. The predicted octanol–water partition coefficient (Wildman–Crippen LogP) is 2.76. The summed E-state index contributed by atoms with van der Waals surface area (Å²) in [7, 11) is 0. The van der Waals surface area contributed by atoms with Crippen molar-refractivity contribution in [3.8, 4) is 11.1 Å². The van der Waals surface area contributed by atoms with E-state index < -0.39 is 5.92 Å². The molecule has 11 heteroatoms. The number of piperazine rings is 1. The molecule has 3 aromatic rings. The maximum Gasteiger partial charge on any atom is 0.286 e. The molecule has 0 bridgehead atoms. The zero-order valence-corrected chi connectivity index (χ0v) is 18.9. The van der Waals surface area contributed by atoms with E-state index in [9.17, 15) is 18.4 Å². The van der Waals surface area contributed by atoms with E-state index in [0.717, 1.165) is 25.7 Å². The number of hydrogen-bond acceptors (Lipinski definition) is 6. The summed E-state index contributed by atoms with van der Waals surface area (Å²) in [5, 5.41) is 6.88. The largest absolute Gasteiger partial charge is 0.367 e. The molecular formula is C23H25F2N7O2. The van der Waals surface area contributed by atoms with Gasteiger partial charge in [-0.2, -0.15) is 13.9 Å². The molecule has 1 aliphatic heterocycles. The fourth-order valence-corrected chi connectivity index (χ4v) is 3.71. The van der Waals surface area contributed by atoms with Crippen LogP contribution in [0.1, 0.15) is 19.5 Å². The van der Waals surface area contributed by atoms with Crippen LogP contribution < -0.4 is 10.2 Å². The van der Waals surface area contributed by atoms with Gasteiger partial charge < -0.3 is 15.1 Å². The Morgan fingerprint density at radius 2 is 1.82 bits per heavy atom. The van der Waals surface area contributed by atoms with Crippen molar-refractivity contribution >= 4 is 23.3 Å². The van der Waals surface area contributed by atoms with E-state index in [1.165, 1.54) is 23.1 Å². The van der Waals surface area contributed by atoms with E-state index in [1.54, 1.807) is 31.5 Å². The minimum atomic E-state index is -3.04. The van der Waals surface area contributed by atoms with Crippen molar-refractivity contribution in [2.75, 3.05) is 36.4 Å². The monoisotopic (exact) mass is 469 g/mol. The number of carbonyl (C=O) groups is 2. The highest BCUT2D eigenvalue weighted by molar-refractivity contribution is 5.89. The Morgan fingerprint density at radius 1 is 1.06 bits per heavy atom. The third kappa shape index (κ3) is 5.53. The number of pyridine rings is 2. The van der Waals surface area contributed by atoms with Gasteiger partial charge >= 0.3 is 0 Å². The zero-order valence-electron chi connectivity index (χ0n) is 18.9. The van der Waals surface area contributed by atoms with Crippen molar-refractivity contribution in [3.63, 3.8) is 0 Å². The van der Waals surface area contributed by atoms with Gasteiger partial charge in [0.2, 0.25) is 11.8 Å². The van der Waals surface area contributed by atoms with Crippen molar-refractivity contribution in [2.24, 2.45) is 0 Å². The van der Waals surface area contributed by atoms with Crippen LogP contribution in [-0.4, -0.2) is 62.6 Å². The van der Waals surface area contributed by atoms with Crippen LogP contribution in [-0.2, 0) is 22.1 Å². The summed E-state index contributed by atoms with van der Waals surface area (Å²) >= 11 is 0. The third-order valence-corrected chi connectivity index (χ3v) is 5.59. The fourth-order valence-electron chi connectivity index (χ4n) is 3.71. The van der Waals surface area contributed by atoms with Gasteiger partial charge in [0.1, 0.15) is 18.1 Å². The number of alkyl halides is 2. The predicted molar refractivity (Wildman–Crippen MR) is 122 cm³/mol. The van der Waals surface area contributed by atoms with Gasteiger partial charge in [0.25, 0.3) is 5.92 Å². The Bertz CT molecular complexity index is 1170. The van der Waals surface area contributed by atoms with Gasteiger partial charge in [-0.1, -0.05) is 0 Å². The molecule has 1 aliphatic rings. The van der Waals surface area contributed by atoms with E-state index in [0.29, 0.717) is 30.0 Å². The minimum Gasteiger partial charge on any atom is -0.367 e. The number of nitrogens with zero attached hydrogens (tertiary/aromatic N) is 6. The summed E-state index contributed by atoms with van der Waals surface area (Å²) in [6, 6.07) is 6.53. The lowest BCUT2D eigenvalue weighted by Crippen LogP contribution is -2.48. The molecule has 0 aromatic carbocycles. The average Bonchev–Trinajstić information content (AvgIpc) is 3.27. The lowest BCUT2D eigenvalue weighted by atomic mass is 10.1. The molecule has 2 amide bonds. The normalized spacial score (nSPS) is 14.2. The summed E-state index contributed by atoms with van der Waals surface area (Å²) in [4.78, 5) is 35.9. The van der Waals surface area contributed by atoms with Gasteiger partial charge in [0.15, 0.2) is 0 Å². The SMILES string of the molecule is CC(=O)N1CCN(c2ccc(NC(=O)Cn3cc(-c4ccnc(C(C)(F)F)c4)cn3)nc2)CC1. The summed E-state index contributed by atoms with van der Waals surface area (Å²) in [6.45, 7) is 5.09. The molecule has 0 spiro atoms. The van der Waals surface area contributed by atoms with Crippen LogP contribution >= 0.6 is 0 Å². The quantitative estimate of drug-likeness (QED) is 0.597. The molecule has 1 N–H and O–H groups in total. The number of aromatic nitrogens is 4. The number of halogens is 2. The highest BCUT2D eigenvalue weighted by Crippen LogP contribution is 2.28. The summed E-state index contributed by atoms with van der Waals surface area (Å²) < 4.78 is 28.5. The molecule has 9 nitrogen and oxygen atoms in total. The first-order valence-corrected chi connectivity index (χ1v) is 10.8. The summed E-state index contributed by atoms with van der Waals surface area (Å²) in [5.74, 6) is -2.88. The highest BCUT2D eigenvalue weighted by Gasteiger charge is 2.26. The number of nitrogens with one attached hydrogen (secondary N) is 1. The Kier molecular flexibility index (Phi) is 6.53. The van der Waals surface area contributed by atoms with Crippen molar-refractivity contribution in [1.82, 2.24) is 24.6 Å². The Labute approximate surface area is 195 Å². The van der Waals surface area contributed by atoms with Gasteiger partial charge in [-0.05, 0) is 29.8 Å². The Morgan fingerprint density at radius 3 is 2.47 bits per heavy atom. The summed E-state index contributed by atoms with van der Waals surface area (Å²) in [6.07, 6.45) is 6.14. The van der Waals surface area contributed by atoms with Gasteiger partial charge in [-0.25, -0.2) is 4.98 Å². The first-order valence-electron chi connectivity index (χ1n) is 10.8. The molecule has 178 valence electrons. The highest BCUT2D eigenvalue weighted by atomic mass is 19.3. The molecule has 0 unspecified atom stereocenters. The average molecular weight is 469 g/mol. The number of amides is 2. The molecule has 1 saturated heterocycles. The second-order valence-corrected chi connectivity index (χ2v) is 8.19. The molecule has 4 rings (SSSR count). The second kappa shape index (κ2) is 9.54. The molecule has 0 saturated carbocycles. The standard InChI is InChI=1S/C23H25F2N7O2/c1-16(33)30-7-9-31(10-8-30)19-3-4-21(27-13-19)29-22(34)15-32-14-18(12-28-32)17-5-6-26-20(11-17)23(2,24)25/h3-6,11-14H,7-10,15H2,1-2H3,(H,27,29,34). The van der Waals surface area contributed by atoms with Gasteiger partial charge in [0.05, 0.1) is 18.1 Å². The maximum atomic E-state index is 13.6. The van der Waals surface area contributed by atoms with Crippen LogP contribution in [0, 0.1) is 0 Å². The molecule has 34 heavy (non-hydrogen) atoms. The van der Waals surface area contributed by atoms with E-state index in [2.05, 4.69) is 25.3 Å². The molecular weight excluding hydrogens is 444 g/mol. The molecule has 3 aromatic heterocycles. The lowest BCUT2D eigenvalue weighted by molar-refractivity contribution is -0.129. The van der Waals surface area contributed by atoms with Gasteiger partial charge in [-0.15, -0.1) is 0 Å². The fraction of sp³-hybridized carbons (Fsp3) is 0.348. The topological polar surface area (TPSA) is 96.2 Å². The number of hydrogen-bond donors (Lipinski definition) is 1. The van der Waals surface area contributed by atoms with Crippen LogP contribution in [0.5, 0.6) is 0 Å². The summed E-state index contributed by atoms with van der Waals surface area (Å²) in [5.41, 5.74) is 1.74. The first kappa shape index (κ1) is 23.3. The van der Waals surface area contributed by atoms with E-state index >= 15 is 0 Å². The molecule has 0 radical (unpaired) electrons. The maximum absolute atomic E-state index is 13.6. The van der Waals surface area contributed by atoms with Crippen LogP contribution in [0.25, 0.3) is 11.1 Å². The molecule has 0 aliphatic carbocycles. The van der Waals surface area contributed by atoms with Crippen molar-refractivity contribution < 1.29 is 18.4 Å². The zero-order chi connectivity index (χ0) is 24.3. The minimum absolute atomic E-state index is 0.0572. The third-order valence-electron chi connectivity index (χ3n) is 5.59. The smallest absolute Gasteiger partial charge is 0.286 e. The van der Waals surface area contributed by atoms with Crippen molar-refractivity contribution in [1.29, 1.82) is 0 Å². The number of carbonyl (C=O) groups excluding carboxylic acids is 2. The number of anilines is 2. The molecule has 0 atom stereocenters. The molecule has 1 fully saturated rings. The lowest BCUT2D eigenvalue weighted by Gasteiger charge is -2.35. The Hall–Kier alpha value is -3.89. The van der Waals surface area contributed by atoms with E-state index in [-0.39, 0.29) is 24.1 Å². The van der Waals surface area contributed by atoms with Crippen molar-refractivity contribution in [2.45, 2.75) is 26.3 Å². The van der Waals surface area contributed by atoms with Crippen LogP contribution in [0.15, 0.2) is 49.1 Å². The van der Waals surface area contributed by atoms with Crippen LogP contribution in [0.3, 0.4) is 0 Å². The molecule has 4 heterocycles. The van der Waals surface area contributed by atoms with Crippen LogP contribution in [0.4, 0.5) is 20.3 Å². The second-order valence-electron chi connectivity index (χ2n) is 8.19. The first-order chi connectivity index (χ1) is 16.2. The van der Waals surface area contributed by atoms with Crippen molar-refractivity contribution in [3.05, 3.63) is 54.7 Å². The van der Waals surface area contributed by atoms with E-state index in [4.69, 9.17) is 0 Å². The van der Waals surface area contributed by atoms with Gasteiger partial charge in [0, 0.05) is 58.0 Å². The van der Waals surface area contributed by atoms with Crippen LogP contribution in [0.2, 0.25) is 0 Å². The van der Waals surface area contributed by atoms with Gasteiger partial charge in [-0.3, -0.25) is 19.3 Å². The van der Waals surface area contributed by atoms with E-state index in [1.807, 2.05) is 11.0 Å².